The second-order valence-corrected chi connectivity index (χ2v) is 7.88. The molecule has 1 aliphatic heterocycles. The van der Waals surface area contributed by atoms with Crippen LogP contribution in [-0.4, -0.2) is 33.7 Å². The Bertz CT molecular complexity index is 706. The van der Waals surface area contributed by atoms with E-state index >= 15 is 0 Å². The molecular weight excluding hydrogens is 298 g/mol. The molecule has 1 aliphatic carbocycles. The van der Waals surface area contributed by atoms with E-state index in [1.807, 2.05) is 23.1 Å². The zero-order valence-corrected chi connectivity index (χ0v) is 14.3. The standard InChI is InChI=1S/C20H25N3O/c1-19(17-6-3-2-4-7-17)9-8-18(24)22(14-19)15-20(10-11-20)16-23-13-5-12-21-23/h2-7,12-13H,8-11,14-16H2,1H3/t19-/m1/s1. The van der Waals surface area contributed by atoms with E-state index < -0.39 is 0 Å². The molecule has 1 saturated heterocycles. The van der Waals surface area contributed by atoms with Crippen LogP contribution in [-0.2, 0) is 16.8 Å². The number of carbonyl (C=O) groups is 1. The fraction of sp³-hybridized carbons (Fsp3) is 0.500. The molecule has 2 fully saturated rings. The predicted octanol–water partition coefficient (Wildman–Crippen LogP) is 3.24. The summed E-state index contributed by atoms with van der Waals surface area (Å²) in [5.74, 6) is 0.315. The van der Waals surface area contributed by atoms with E-state index in [9.17, 15) is 4.79 Å². The lowest BCUT2D eigenvalue weighted by atomic mass is 9.75. The van der Waals surface area contributed by atoms with Gasteiger partial charge in [0.05, 0.1) is 0 Å². The Labute approximate surface area is 143 Å². The number of hydrogen-bond donors (Lipinski definition) is 0. The van der Waals surface area contributed by atoms with Crippen LogP contribution in [0.25, 0.3) is 0 Å². The van der Waals surface area contributed by atoms with Gasteiger partial charge < -0.3 is 4.90 Å². The quantitative estimate of drug-likeness (QED) is 0.847. The van der Waals surface area contributed by atoms with Crippen molar-refractivity contribution in [1.82, 2.24) is 14.7 Å². The maximum atomic E-state index is 12.5. The van der Waals surface area contributed by atoms with Crippen molar-refractivity contribution < 1.29 is 4.79 Å². The van der Waals surface area contributed by atoms with E-state index in [1.165, 1.54) is 18.4 Å². The van der Waals surface area contributed by atoms with Crippen LogP contribution in [0.15, 0.2) is 48.8 Å². The molecule has 0 spiro atoms. The number of likely N-dealkylation sites (tertiary alicyclic amines) is 1. The van der Waals surface area contributed by atoms with Gasteiger partial charge in [-0.1, -0.05) is 37.3 Å². The average Bonchev–Trinajstić information content (AvgIpc) is 3.14. The topological polar surface area (TPSA) is 38.1 Å². The Morgan fingerprint density at radius 3 is 2.54 bits per heavy atom. The monoisotopic (exact) mass is 323 g/mol. The maximum absolute atomic E-state index is 12.5. The summed E-state index contributed by atoms with van der Waals surface area (Å²) < 4.78 is 2.01. The zero-order chi connectivity index (χ0) is 16.6. The van der Waals surface area contributed by atoms with Crippen LogP contribution < -0.4 is 0 Å². The molecule has 2 aliphatic rings. The summed E-state index contributed by atoms with van der Waals surface area (Å²) in [5.41, 5.74) is 1.65. The van der Waals surface area contributed by atoms with Crippen LogP contribution >= 0.6 is 0 Å². The Morgan fingerprint density at radius 1 is 1.08 bits per heavy atom. The number of benzene rings is 1. The van der Waals surface area contributed by atoms with E-state index in [4.69, 9.17) is 0 Å². The smallest absolute Gasteiger partial charge is 0.222 e. The summed E-state index contributed by atoms with van der Waals surface area (Å²) in [6.45, 7) is 4.92. The first-order valence-corrected chi connectivity index (χ1v) is 8.90. The first-order chi connectivity index (χ1) is 11.6. The molecule has 1 amide bonds. The van der Waals surface area contributed by atoms with E-state index in [0.717, 1.165) is 26.1 Å². The van der Waals surface area contributed by atoms with Crippen molar-refractivity contribution in [2.75, 3.05) is 13.1 Å². The first kappa shape index (κ1) is 15.4. The Kier molecular flexibility index (Phi) is 3.70. The summed E-state index contributed by atoms with van der Waals surface area (Å²) in [7, 11) is 0. The van der Waals surface area contributed by atoms with Gasteiger partial charge in [-0.3, -0.25) is 9.48 Å². The van der Waals surface area contributed by atoms with Crippen molar-refractivity contribution in [3.8, 4) is 0 Å². The van der Waals surface area contributed by atoms with Crippen LogP contribution in [0.2, 0.25) is 0 Å². The van der Waals surface area contributed by atoms with Gasteiger partial charge in [0.1, 0.15) is 0 Å². The van der Waals surface area contributed by atoms with E-state index in [2.05, 4.69) is 47.3 Å². The number of aromatic nitrogens is 2. The average molecular weight is 323 g/mol. The highest BCUT2D eigenvalue weighted by atomic mass is 16.2. The Balaban J connectivity index is 1.49. The molecule has 1 saturated carbocycles. The predicted molar refractivity (Wildman–Crippen MR) is 93.5 cm³/mol. The second kappa shape index (κ2) is 5.76. The minimum absolute atomic E-state index is 0.0664. The first-order valence-electron chi connectivity index (χ1n) is 8.90. The zero-order valence-electron chi connectivity index (χ0n) is 14.3. The molecule has 0 radical (unpaired) electrons. The largest absolute Gasteiger partial charge is 0.341 e. The fourth-order valence-electron chi connectivity index (χ4n) is 4.04. The van der Waals surface area contributed by atoms with Crippen LogP contribution in [0.1, 0.15) is 38.2 Å². The van der Waals surface area contributed by atoms with Gasteiger partial charge in [-0.25, -0.2) is 0 Å². The molecule has 2 aromatic rings. The fourth-order valence-corrected chi connectivity index (χ4v) is 4.04. The lowest BCUT2D eigenvalue weighted by Gasteiger charge is -2.42. The second-order valence-electron chi connectivity index (χ2n) is 7.88. The Morgan fingerprint density at radius 2 is 1.88 bits per heavy atom. The molecule has 24 heavy (non-hydrogen) atoms. The van der Waals surface area contributed by atoms with Crippen LogP contribution in [0.5, 0.6) is 0 Å². The molecule has 4 heteroatoms. The molecule has 0 bridgehead atoms. The normalized spacial score (nSPS) is 25.7. The highest BCUT2D eigenvalue weighted by molar-refractivity contribution is 5.77. The molecule has 2 heterocycles. The van der Waals surface area contributed by atoms with Gasteiger partial charge in [-0.15, -0.1) is 0 Å². The third kappa shape index (κ3) is 2.97. The lowest BCUT2D eigenvalue weighted by molar-refractivity contribution is -0.136. The summed E-state index contributed by atoms with van der Waals surface area (Å²) in [4.78, 5) is 14.6. The van der Waals surface area contributed by atoms with Gasteiger partial charge in [0.15, 0.2) is 0 Å². The molecule has 126 valence electrons. The van der Waals surface area contributed by atoms with Gasteiger partial charge in [0.2, 0.25) is 5.91 Å². The van der Waals surface area contributed by atoms with E-state index in [-0.39, 0.29) is 10.8 Å². The Hall–Kier alpha value is -2.10. The van der Waals surface area contributed by atoms with Crippen molar-refractivity contribution >= 4 is 5.91 Å². The number of hydrogen-bond acceptors (Lipinski definition) is 2. The highest BCUT2D eigenvalue weighted by Gasteiger charge is 2.47. The van der Waals surface area contributed by atoms with Gasteiger partial charge in [-0.2, -0.15) is 5.10 Å². The number of amides is 1. The van der Waals surface area contributed by atoms with E-state index in [1.54, 1.807) is 0 Å². The minimum Gasteiger partial charge on any atom is -0.341 e. The van der Waals surface area contributed by atoms with Crippen molar-refractivity contribution in [3.63, 3.8) is 0 Å². The number of piperidine rings is 1. The molecule has 1 atom stereocenters. The lowest BCUT2D eigenvalue weighted by Crippen LogP contribution is -2.49. The maximum Gasteiger partial charge on any atom is 0.222 e. The van der Waals surface area contributed by atoms with Crippen LogP contribution in [0, 0.1) is 5.41 Å². The summed E-state index contributed by atoms with van der Waals surface area (Å²) in [6.07, 6.45) is 7.83. The number of carbonyl (C=O) groups excluding carboxylic acids is 1. The number of rotatable bonds is 5. The third-order valence-electron chi connectivity index (χ3n) is 5.79. The third-order valence-corrected chi connectivity index (χ3v) is 5.79. The molecule has 4 rings (SSSR count). The van der Waals surface area contributed by atoms with Crippen molar-refractivity contribution in [2.45, 2.75) is 44.6 Å². The SMILES string of the molecule is C[C@@]1(c2ccccc2)CCC(=O)N(CC2(Cn3cccn3)CC2)C1. The summed E-state index contributed by atoms with van der Waals surface area (Å²) in [6, 6.07) is 12.6. The van der Waals surface area contributed by atoms with Gasteiger partial charge in [0.25, 0.3) is 0 Å². The molecule has 1 aromatic carbocycles. The van der Waals surface area contributed by atoms with Crippen molar-refractivity contribution in [1.29, 1.82) is 0 Å². The van der Waals surface area contributed by atoms with Gasteiger partial charge in [0, 0.05) is 49.3 Å². The summed E-state index contributed by atoms with van der Waals surface area (Å²) >= 11 is 0. The molecule has 0 N–H and O–H groups in total. The van der Waals surface area contributed by atoms with Crippen LogP contribution in [0.3, 0.4) is 0 Å². The minimum atomic E-state index is 0.0664. The molecular formula is C20H25N3O. The van der Waals surface area contributed by atoms with Crippen molar-refractivity contribution in [2.24, 2.45) is 5.41 Å². The summed E-state index contributed by atoms with van der Waals surface area (Å²) in [5, 5.41) is 4.34. The van der Waals surface area contributed by atoms with Crippen LogP contribution in [0.4, 0.5) is 0 Å². The van der Waals surface area contributed by atoms with Gasteiger partial charge in [-0.05, 0) is 30.9 Å². The molecule has 1 aromatic heterocycles. The van der Waals surface area contributed by atoms with Gasteiger partial charge >= 0.3 is 0 Å². The number of nitrogens with zero attached hydrogens (tertiary/aromatic N) is 3. The van der Waals surface area contributed by atoms with E-state index in [0.29, 0.717) is 12.3 Å². The highest BCUT2D eigenvalue weighted by Crippen LogP contribution is 2.48. The molecule has 4 nitrogen and oxygen atoms in total. The molecule has 0 unspecified atom stereocenters. The van der Waals surface area contributed by atoms with Crippen molar-refractivity contribution in [3.05, 3.63) is 54.4 Å².